The van der Waals surface area contributed by atoms with Crippen LogP contribution in [0.4, 0.5) is 5.13 Å². The molecule has 1 aliphatic rings. The van der Waals surface area contributed by atoms with Crippen molar-refractivity contribution in [2.75, 3.05) is 4.90 Å². The normalized spacial score (nSPS) is 18.4. The largest absolute Gasteiger partial charge is 0.507 e. The molecule has 2 aromatic carbocycles. The summed E-state index contributed by atoms with van der Waals surface area (Å²) in [5.74, 6) is -1.77. The van der Waals surface area contributed by atoms with Crippen LogP contribution in [0.5, 0.6) is 0 Å². The molecule has 1 atom stereocenters. The molecule has 1 aromatic heterocycles. The molecule has 29 heavy (non-hydrogen) atoms. The first kappa shape index (κ1) is 19.3. The van der Waals surface area contributed by atoms with Gasteiger partial charge in [-0.15, -0.1) is 10.2 Å². The SMILES string of the molecule is CCc1nnc(N2C(=O)C(=O)/C(=C(/O)c3ccccc3)C2c2cccc(Cl)c2)s1. The van der Waals surface area contributed by atoms with Gasteiger partial charge >= 0.3 is 5.91 Å². The van der Waals surface area contributed by atoms with E-state index in [1.165, 1.54) is 16.2 Å². The number of nitrogens with zero attached hydrogens (tertiary/aromatic N) is 3. The highest BCUT2D eigenvalue weighted by molar-refractivity contribution is 7.15. The van der Waals surface area contributed by atoms with Crippen LogP contribution in [0.25, 0.3) is 5.76 Å². The number of aliphatic hydroxyl groups excluding tert-OH is 1. The van der Waals surface area contributed by atoms with Gasteiger partial charge in [0.15, 0.2) is 0 Å². The minimum Gasteiger partial charge on any atom is -0.507 e. The van der Waals surface area contributed by atoms with Crippen LogP contribution < -0.4 is 4.90 Å². The van der Waals surface area contributed by atoms with E-state index >= 15 is 0 Å². The number of hydrogen-bond donors (Lipinski definition) is 1. The molecule has 0 aliphatic carbocycles. The third-order valence-electron chi connectivity index (χ3n) is 4.62. The molecule has 0 radical (unpaired) electrons. The zero-order valence-electron chi connectivity index (χ0n) is 15.4. The highest BCUT2D eigenvalue weighted by Gasteiger charge is 2.48. The van der Waals surface area contributed by atoms with Gasteiger partial charge in [0.2, 0.25) is 5.13 Å². The number of rotatable bonds is 4. The van der Waals surface area contributed by atoms with Gasteiger partial charge in [-0.1, -0.05) is 72.3 Å². The molecule has 1 fully saturated rings. The number of aromatic nitrogens is 2. The van der Waals surface area contributed by atoms with E-state index in [9.17, 15) is 14.7 Å². The Balaban J connectivity index is 1.94. The predicted octanol–water partition coefficient (Wildman–Crippen LogP) is 4.38. The van der Waals surface area contributed by atoms with Crippen molar-refractivity contribution in [1.29, 1.82) is 0 Å². The lowest BCUT2D eigenvalue weighted by Crippen LogP contribution is -2.29. The van der Waals surface area contributed by atoms with Gasteiger partial charge in [0.05, 0.1) is 11.6 Å². The number of anilines is 1. The van der Waals surface area contributed by atoms with E-state index in [1.807, 2.05) is 6.92 Å². The van der Waals surface area contributed by atoms with E-state index in [1.54, 1.807) is 54.6 Å². The number of amides is 1. The van der Waals surface area contributed by atoms with Crippen molar-refractivity contribution in [3.63, 3.8) is 0 Å². The average molecular weight is 426 g/mol. The Morgan fingerprint density at radius 1 is 1.14 bits per heavy atom. The van der Waals surface area contributed by atoms with Crippen LogP contribution in [0.3, 0.4) is 0 Å². The third-order valence-corrected chi connectivity index (χ3v) is 5.92. The molecule has 4 rings (SSSR count). The van der Waals surface area contributed by atoms with Crippen molar-refractivity contribution in [3.8, 4) is 0 Å². The molecule has 2 heterocycles. The summed E-state index contributed by atoms with van der Waals surface area (Å²) in [4.78, 5) is 27.2. The maximum Gasteiger partial charge on any atom is 0.301 e. The van der Waals surface area contributed by atoms with Crippen molar-refractivity contribution in [2.45, 2.75) is 19.4 Å². The monoisotopic (exact) mass is 425 g/mol. The first-order valence-electron chi connectivity index (χ1n) is 8.95. The lowest BCUT2D eigenvalue weighted by Gasteiger charge is -2.22. The third kappa shape index (κ3) is 3.43. The topological polar surface area (TPSA) is 83.4 Å². The van der Waals surface area contributed by atoms with Crippen LogP contribution >= 0.6 is 22.9 Å². The quantitative estimate of drug-likeness (QED) is 0.381. The standard InChI is InChI=1S/C21H16ClN3O3S/c1-2-15-23-24-21(29-15)25-17(13-9-6-10-14(22)11-13)16(19(27)20(25)28)18(26)12-7-4-3-5-8-12/h3-11,17,26H,2H2,1H3/b18-16+. The van der Waals surface area contributed by atoms with Crippen LogP contribution in [-0.2, 0) is 16.0 Å². The smallest absolute Gasteiger partial charge is 0.301 e. The summed E-state index contributed by atoms with van der Waals surface area (Å²) in [5, 5.41) is 20.6. The number of hydrogen-bond acceptors (Lipinski definition) is 6. The lowest BCUT2D eigenvalue weighted by atomic mass is 9.95. The molecule has 0 bridgehead atoms. The average Bonchev–Trinajstić information content (AvgIpc) is 3.31. The zero-order chi connectivity index (χ0) is 20.5. The summed E-state index contributed by atoms with van der Waals surface area (Å²) in [6.07, 6.45) is 0.660. The second-order valence-corrected chi connectivity index (χ2v) is 7.90. The van der Waals surface area contributed by atoms with Crippen molar-refractivity contribution in [3.05, 3.63) is 81.3 Å². The molecule has 0 spiro atoms. The molecule has 1 unspecified atom stereocenters. The highest BCUT2D eigenvalue weighted by Crippen LogP contribution is 2.43. The van der Waals surface area contributed by atoms with Crippen molar-refractivity contribution in [2.24, 2.45) is 0 Å². The predicted molar refractivity (Wildman–Crippen MR) is 112 cm³/mol. The van der Waals surface area contributed by atoms with Crippen LogP contribution in [0, 0.1) is 0 Å². The Hall–Kier alpha value is -3.03. The van der Waals surface area contributed by atoms with Gasteiger partial charge in [-0.2, -0.15) is 0 Å². The van der Waals surface area contributed by atoms with E-state index in [-0.39, 0.29) is 11.3 Å². The summed E-state index contributed by atoms with van der Waals surface area (Å²) in [6.45, 7) is 1.93. The van der Waals surface area contributed by atoms with E-state index < -0.39 is 17.7 Å². The Morgan fingerprint density at radius 3 is 2.55 bits per heavy atom. The molecular formula is C21H16ClN3O3S. The minimum absolute atomic E-state index is 0.00304. The van der Waals surface area contributed by atoms with Crippen LogP contribution in [-0.4, -0.2) is 27.0 Å². The van der Waals surface area contributed by atoms with Gasteiger partial charge in [-0.3, -0.25) is 14.5 Å². The Bertz CT molecular complexity index is 1130. The summed E-state index contributed by atoms with van der Waals surface area (Å²) < 4.78 is 0. The number of Topliss-reactive ketones (excluding diaryl/α,β-unsaturated/α-hetero) is 1. The van der Waals surface area contributed by atoms with Crippen LogP contribution in [0.2, 0.25) is 5.02 Å². The number of carbonyl (C=O) groups excluding carboxylic acids is 2. The van der Waals surface area contributed by atoms with Gasteiger partial charge in [-0.25, -0.2) is 0 Å². The van der Waals surface area contributed by atoms with Gasteiger partial charge in [0.25, 0.3) is 5.78 Å². The molecule has 0 saturated carbocycles. The minimum atomic E-state index is -0.855. The summed E-state index contributed by atoms with van der Waals surface area (Å²) in [5.41, 5.74) is 1.04. The van der Waals surface area contributed by atoms with Crippen LogP contribution in [0.15, 0.2) is 60.2 Å². The maximum absolute atomic E-state index is 13.0. The van der Waals surface area contributed by atoms with Crippen LogP contribution in [0.1, 0.15) is 29.1 Å². The van der Waals surface area contributed by atoms with E-state index in [0.717, 1.165) is 5.01 Å². The Labute approximate surface area is 176 Å². The molecule has 1 amide bonds. The number of aryl methyl sites for hydroxylation is 1. The zero-order valence-corrected chi connectivity index (χ0v) is 16.9. The number of ketones is 1. The van der Waals surface area contributed by atoms with Crippen molar-refractivity contribution >= 4 is 45.5 Å². The van der Waals surface area contributed by atoms with Gasteiger partial charge < -0.3 is 5.11 Å². The molecule has 3 aromatic rings. The maximum atomic E-state index is 13.0. The number of carbonyl (C=O) groups is 2. The molecule has 6 nitrogen and oxygen atoms in total. The molecule has 1 N–H and O–H groups in total. The van der Waals surface area contributed by atoms with E-state index in [4.69, 9.17) is 11.6 Å². The lowest BCUT2D eigenvalue weighted by molar-refractivity contribution is -0.132. The summed E-state index contributed by atoms with van der Waals surface area (Å²) in [7, 11) is 0. The van der Waals surface area contributed by atoms with E-state index in [2.05, 4.69) is 10.2 Å². The molecule has 1 saturated heterocycles. The van der Waals surface area contributed by atoms with Crippen molar-refractivity contribution < 1.29 is 14.7 Å². The van der Waals surface area contributed by atoms with Gasteiger partial charge in [0.1, 0.15) is 10.8 Å². The molecule has 1 aliphatic heterocycles. The van der Waals surface area contributed by atoms with E-state index in [0.29, 0.717) is 27.7 Å². The Morgan fingerprint density at radius 2 is 1.90 bits per heavy atom. The summed E-state index contributed by atoms with van der Waals surface area (Å²) in [6, 6.07) is 14.7. The number of benzene rings is 2. The first-order chi connectivity index (χ1) is 14.0. The molecule has 8 heteroatoms. The number of halogens is 1. The molecule has 146 valence electrons. The van der Waals surface area contributed by atoms with Gasteiger partial charge in [-0.05, 0) is 24.1 Å². The second-order valence-electron chi connectivity index (χ2n) is 6.42. The van der Waals surface area contributed by atoms with Crippen molar-refractivity contribution in [1.82, 2.24) is 10.2 Å². The Kier molecular flexibility index (Phi) is 5.17. The fourth-order valence-corrected chi connectivity index (χ4v) is 4.26. The highest BCUT2D eigenvalue weighted by atomic mass is 35.5. The fraction of sp³-hybridized carbons (Fsp3) is 0.143. The number of aliphatic hydroxyl groups is 1. The molecular weight excluding hydrogens is 410 g/mol. The fourth-order valence-electron chi connectivity index (χ4n) is 3.26. The van der Waals surface area contributed by atoms with Gasteiger partial charge in [0, 0.05) is 10.6 Å². The summed E-state index contributed by atoms with van der Waals surface area (Å²) >= 11 is 7.41. The first-order valence-corrected chi connectivity index (χ1v) is 10.1. The second kappa shape index (κ2) is 7.77.